The summed E-state index contributed by atoms with van der Waals surface area (Å²) in [4.78, 5) is 26.1. The molecule has 2 aliphatic rings. The van der Waals surface area contributed by atoms with Crippen LogP contribution >= 0.6 is 0 Å². The van der Waals surface area contributed by atoms with Crippen LogP contribution < -0.4 is 10.6 Å². The van der Waals surface area contributed by atoms with Crippen molar-refractivity contribution in [3.63, 3.8) is 0 Å². The summed E-state index contributed by atoms with van der Waals surface area (Å²) in [5.74, 6) is -0.202. The second kappa shape index (κ2) is 8.29. The largest absolute Gasteiger partial charge is 0.378 e. The molecular formula is C18H24FN3O3. The van der Waals surface area contributed by atoms with Crippen LogP contribution in [-0.2, 0) is 9.53 Å². The summed E-state index contributed by atoms with van der Waals surface area (Å²) >= 11 is 0. The van der Waals surface area contributed by atoms with E-state index in [0.717, 1.165) is 32.3 Å². The lowest BCUT2D eigenvalue weighted by molar-refractivity contribution is -0.134. The number of ether oxygens (including phenoxy) is 1. The molecule has 0 unspecified atom stereocenters. The number of hydrogen-bond acceptors (Lipinski definition) is 3. The highest BCUT2D eigenvalue weighted by atomic mass is 19.1. The number of rotatable bonds is 4. The molecule has 2 saturated heterocycles. The van der Waals surface area contributed by atoms with Crippen LogP contribution in [0.1, 0.15) is 32.1 Å². The Hall–Kier alpha value is -2.15. The lowest BCUT2D eigenvalue weighted by Gasteiger charge is -2.33. The molecule has 0 aromatic heterocycles. The third-order valence-electron chi connectivity index (χ3n) is 4.71. The Bertz CT molecular complexity index is 594. The molecule has 7 heteroatoms. The second-order valence-corrected chi connectivity index (χ2v) is 6.60. The number of hydrogen-bond donors (Lipinski definition) is 2. The standard InChI is InChI=1S/C18H24FN3O3/c19-13-3-5-14(6-4-13)20-18(24)21-15-7-9-22(10-8-15)17(23)12-16-2-1-11-25-16/h3-6,15-16H,1-2,7-12H2,(H2,20,21,24)/t16-/m1/s1. The molecule has 0 spiro atoms. The average Bonchev–Trinajstić information content (AvgIpc) is 3.10. The number of carbonyl (C=O) groups is 2. The van der Waals surface area contributed by atoms with Crippen molar-refractivity contribution in [1.29, 1.82) is 0 Å². The SMILES string of the molecule is O=C(Nc1ccc(F)cc1)NC1CCN(C(=O)C[C@H]2CCCO2)CC1. The van der Waals surface area contributed by atoms with E-state index in [1.54, 1.807) is 0 Å². The molecule has 2 N–H and O–H groups in total. The van der Waals surface area contributed by atoms with E-state index in [4.69, 9.17) is 4.74 Å². The fourth-order valence-corrected chi connectivity index (χ4v) is 3.29. The van der Waals surface area contributed by atoms with Crippen LogP contribution in [0.5, 0.6) is 0 Å². The zero-order valence-corrected chi connectivity index (χ0v) is 14.2. The monoisotopic (exact) mass is 349 g/mol. The van der Waals surface area contributed by atoms with Gasteiger partial charge in [-0.3, -0.25) is 4.79 Å². The van der Waals surface area contributed by atoms with Crippen molar-refractivity contribution < 1.29 is 18.7 Å². The predicted octanol–water partition coefficient (Wildman–Crippen LogP) is 2.51. The molecule has 1 aromatic rings. The number of nitrogens with one attached hydrogen (secondary N) is 2. The number of anilines is 1. The molecule has 2 heterocycles. The van der Waals surface area contributed by atoms with Crippen molar-refractivity contribution in [1.82, 2.24) is 10.2 Å². The Kier molecular flexibility index (Phi) is 5.86. The number of halogens is 1. The maximum absolute atomic E-state index is 12.9. The molecule has 0 bridgehead atoms. The third kappa shape index (κ3) is 5.16. The summed E-state index contributed by atoms with van der Waals surface area (Å²) in [6.45, 7) is 2.05. The van der Waals surface area contributed by atoms with E-state index >= 15 is 0 Å². The van der Waals surface area contributed by atoms with E-state index in [1.807, 2.05) is 4.90 Å². The number of amides is 3. The first-order valence-corrected chi connectivity index (χ1v) is 8.82. The van der Waals surface area contributed by atoms with Crippen molar-refractivity contribution in [3.05, 3.63) is 30.1 Å². The van der Waals surface area contributed by atoms with Gasteiger partial charge >= 0.3 is 6.03 Å². The fraction of sp³-hybridized carbons (Fsp3) is 0.556. The molecule has 0 aliphatic carbocycles. The molecule has 3 rings (SSSR count). The Morgan fingerprint density at radius 2 is 1.88 bits per heavy atom. The molecule has 25 heavy (non-hydrogen) atoms. The van der Waals surface area contributed by atoms with Crippen LogP contribution in [0.4, 0.5) is 14.9 Å². The number of piperidine rings is 1. The molecule has 1 atom stereocenters. The van der Waals surface area contributed by atoms with Crippen LogP contribution in [0, 0.1) is 5.82 Å². The Morgan fingerprint density at radius 1 is 1.16 bits per heavy atom. The van der Waals surface area contributed by atoms with Crippen LogP contribution in [0.2, 0.25) is 0 Å². The zero-order valence-electron chi connectivity index (χ0n) is 14.2. The van der Waals surface area contributed by atoms with Gasteiger partial charge in [-0.1, -0.05) is 0 Å². The van der Waals surface area contributed by atoms with E-state index in [1.165, 1.54) is 24.3 Å². The van der Waals surface area contributed by atoms with Gasteiger partial charge < -0.3 is 20.3 Å². The highest BCUT2D eigenvalue weighted by molar-refractivity contribution is 5.89. The Labute approximate surface area is 146 Å². The minimum absolute atomic E-state index is 0.0345. The maximum Gasteiger partial charge on any atom is 0.319 e. The van der Waals surface area contributed by atoms with E-state index in [2.05, 4.69) is 10.6 Å². The van der Waals surface area contributed by atoms with Crippen molar-refractivity contribution in [2.75, 3.05) is 25.0 Å². The first-order chi connectivity index (χ1) is 12.1. The molecular weight excluding hydrogens is 325 g/mol. The summed E-state index contributed by atoms with van der Waals surface area (Å²) in [5.41, 5.74) is 0.545. The number of carbonyl (C=O) groups excluding carboxylic acids is 2. The number of urea groups is 1. The van der Waals surface area contributed by atoms with Gasteiger partial charge in [-0.05, 0) is 49.9 Å². The lowest BCUT2D eigenvalue weighted by atomic mass is 10.0. The summed E-state index contributed by atoms with van der Waals surface area (Å²) in [5, 5.41) is 5.59. The van der Waals surface area contributed by atoms with Gasteiger partial charge in [-0.25, -0.2) is 9.18 Å². The Balaban J connectivity index is 1.38. The highest BCUT2D eigenvalue weighted by Gasteiger charge is 2.27. The zero-order chi connectivity index (χ0) is 17.6. The number of likely N-dealkylation sites (tertiary alicyclic amines) is 1. The average molecular weight is 349 g/mol. The van der Waals surface area contributed by atoms with Crippen molar-refractivity contribution >= 4 is 17.6 Å². The van der Waals surface area contributed by atoms with E-state index in [-0.39, 0.29) is 29.9 Å². The second-order valence-electron chi connectivity index (χ2n) is 6.60. The molecule has 6 nitrogen and oxygen atoms in total. The fourth-order valence-electron chi connectivity index (χ4n) is 3.29. The summed E-state index contributed by atoms with van der Waals surface area (Å²) in [6, 6.07) is 5.35. The number of benzene rings is 1. The summed E-state index contributed by atoms with van der Waals surface area (Å²) in [6.07, 6.45) is 4.00. The molecule has 2 fully saturated rings. The molecule has 136 valence electrons. The number of nitrogens with zero attached hydrogens (tertiary/aromatic N) is 1. The lowest BCUT2D eigenvalue weighted by Crippen LogP contribution is -2.48. The maximum atomic E-state index is 12.9. The van der Waals surface area contributed by atoms with Crippen LogP contribution in [0.15, 0.2) is 24.3 Å². The molecule has 0 saturated carbocycles. The van der Waals surface area contributed by atoms with Gasteiger partial charge in [-0.2, -0.15) is 0 Å². The smallest absolute Gasteiger partial charge is 0.319 e. The van der Waals surface area contributed by atoms with Crippen LogP contribution in [-0.4, -0.2) is 48.7 Å². The summed E-state index contributed by atoms with van der Waals surface area (Å²) < 4.78 is 18.4. The first kappa shape index (κ1) is 17.7. The van der Waals surface area contributed by atoms with Gasteiger partial charge in [0.25, 0.3) is 0 Å². The highest BCUT2D eigenvalue weighted by Crippen LogP contribution is 2.18. The topological polar surface area (TPSA) is 70.7 Å². The van der Waals surface area contributed by atoms with Gasteiger partial charge in [0.2, 0.25) is 5.91 Å². The molecule has 3 amide bonds. The van der Waals surface area contributed by atoms with Crippen LogP contribution in [0.25, 0.3) is 0 Å². The van der Waals surface area contributed by atoms with Gasteiger partial charge in [0.1, 0.15) is 5.82 Å². The minimum atomic E-state index is -0.342. The van der Waals surface area contributed by atoms with Crippen molar-refractivity contribution in [2.45, 2.75) is 44.2 Å². The summed E-state index contributed by atoms with van der Waals surface area (Å²) in [7, 11) is 0. The van der Waals surface area contributed by atoms with E-state index < -0.39 is 0 Å². The molecule has 1 aromatic carbocycles. The van der Waals surface area contributed by atoms with Gasteiger partial charge in [0.15, 0.2) is 0 Å². The Morgan fingerprint density at radius 3 is 2.52 bits per heavy atom. The van der Waals surface area contributed by atoms with Crippen molar-refractivity contribution in [2.24, 2.45) is 0 Å². The first-order valence-electron chi connectivity index (χ1n) is 8.82. The third-order valence-corrected chi connectivity index (χ3v) is 4.71. The van der Waals surface area contributed by atoms with Crippen molar-refractivity contribution in [3.8, 4) is 0 Å². The van der Waals surface area contributed by atoms with Gasteiger partial charge in [-0.15, -0.1) is 0 Å². The normalized spacial score (nSPS) is 21.2. The predicted molar refractivity (Wildman–Crippen MR) is 91.7 cm³/mol. The quantitative estimate of drug-likeness (QED) is 0.877. The molecule has 0 radical (unpaired) electrons. The van der Waals surface area contributed by atoms with Gasteiger partial charge in [0, 0.05) is 31.4 Å². The molecule has 2 aliphatic heterocycles. The van der Waals surface area contributed by atoms with E-state index in [9.17, 15) is 14.0 Å². The van der Waals surface area contributed by atoms with E-state index in [0.29, 0.717) is 25.2 Å². The minimum Gasteiger partial charge on any atom is -0.378 e. The van der Waals surface area contributed by atoms with Gasteiger partial charge in [0.05, 0.1) is 12.5 Å². The van der Waals surface area contributed by atoms with Crippen LogP contribution in [0.3, 0.4) is 0 Å².